The highest BCUT2D eigenvalue weighted by Gasteiger charge is 2.19. The van der Waals surface area contributed by atoms with Gasteiger partial charge in [-0.3, -0.25) is 14.0 Å². The van der Waals surface area contributed by atoms with Crippen LogP contribution in [0.1, 0.15) is 36.3 Å². The van der Waals surface area contributed by atoms with Gasteiger partial charge in [-0.2, -0.15) is 0 Å². The van der Waals surface area contributed by atoms with Gasteiger partial charge >= 0.3 is 0 Å². The number of carbonyl (C=O) groups is 1. The molecule has 1 N–H and O–H groups in total. The van der Waals surface area contributed by atoms with E-state index in [9.17, 15) is 9.59 Å². The lowest BCUT2D eigenvalue weighted by atomic mass is 10.1. The van der Waals surface area contributed by atoms with Crippen LogP contribution in [0.4, 0.5) is 0 Å². The van der Waals surface area contributed by atoms with Crippen molar-refractivity contribution in [2.45, 2.75) is 26.8 Å². The molecule has 1 amide bonds. The lowest BCUT2D eigenvalue weighted by Gasteiger charge is -2.12. The molecule has 0 atom stereocenters. The van der Waals surface area contributed by atoms with Gasteiger partial charge < -0.3 is 9.88 Å². The van der Waals surface area contributed by atoms with Gasteiger partial charge in [-0.15, -0.1) is 0 Å². The normalized spacial score (nSPS) is 11.4. The first-order chi connectivity index (χ1) is 14.0. The van der Waals surface area contributed by atoms with E-state index < -0.39 is 0 Å². The van der Waals surface area contributed by atoms with Crippen LogP contribution in [0.15, 0.2) is 65.6 Å². The van der Waals surface area contributed by atoms with E-state index in [0.717, 1.165) is 12.0 Å². The smallest absolute Gasteiger partial charge is 0.268 e. The van der Waals surface area contributed by atoms with Crippen LogP contribution < -0.4 is 10.9 Å². The molecule has 0 fully saturated rings. The van der Waals surface area contributed by atoms with Gasteiger partial charge in [0.2, 0.25) is 0 Å². The Morgan fingerprint density at radius 2 is 1.86 bits per heavy atom. The van der Waals surface area contributed by atoms with Crippen molar-refractivity contribution in [2.24, 2.45) is 5.92 Å². The SMILES string of the molecule is CC(C)CCNC(=O)c1cc2c(=O)n3ccccc3nc2n1Cc1ccccc1. The zero-order chi connectivity index (χ0) is 20.4. The molecule has 0 saturated carbocycles. The Hall–Kier alpha value is -3.41. The minimum atomic E-state index is -0.187. The minimum Gasteiger partial charge on any atom is -0.351 e. The number of hydrogen-bond acceptors (Lipinski definition) is 3. The van der Waals surface area contributed by atoms with Gasteiger partial charge in [0.15, 0.2) is 0 Å². The number of benzene rings is 1. The fourth-order valence-electron chi connectivity index (χ4n) is 3.43. The first-order valence-corrected chi connectivity index (χ1v) is 9.87. The molecule has 4 rings (SSSR count). The van der Waals surface area contributed by atoms with Gasteiger partial charge in [0.1, 0.15) is 17.0 Å². The van der Waals surface area contributed by atoms with Crippen LogP contribution in [0.5, 0.6) is 0 Å². The molecule has 0 aliphatic rings. The topological polar surface area (TPSA) is 68.4 Å². The average molecular weight is 388 g/mol. The van der Waals surface area contributed by atoms with E-state index in [1.165, 1.54) is 4.40 Å². The molecule has 1 aromatic carbocycles. The number of aromatic nitrogens is 3. The molecule has 29 heavy (non-hydrogen) atoms. The molecule has 0 saturated heterocycles. The second-order valence-electron chi connectivity index (χ2n) is 7.62. The van der Waals surface area contributed by atoms with E-state index in [2.05, 4.69) is 19.2 Å². The second kappa shape index (κ2) is 7.91. The third kappa shape index (κ3) is 3.78. The summed E-state index contributed by atoms with van der Waals surface area (Å²) in [5, 5.41) is 3.43. The summed E-state index contributed by atoms with van der Waals surface area (Å²) in [7, 11) is 0. The van der Waals surface area contributed by atoms with Crippen LogP contribution in [0.25, 0.3) is 16.7 Å². The molecule has 6 heteroatoms. The molecule has 0 aliphatic carbocycles. The number of fused-ring (bicyclic) bond motifs is 2. The molecule has 6 nitrogen and oxygen atoms in total. The monoisotopic (exact) mass is 388 g/mol. The summed E-state index contributed by atoms with van der Waals surface area (Å²) < 4.78 is 3.35. The Morgan fingerprint density at radius 1 is 1.10 bits per heavy atom. The predicted molar refractivity (Wildman–Crippen MR) is 114 cm³/mol. The summed E-state index contributed by atoms with van der Waals surface area (Å²) in [5.74, 6) is 0.315. The van der Waals surface area contributed by atoms with Crippen LogP contribution in [-0.4, -0.2) is 26.4 Å². The second-order valence-corrected chi connectivity index (χ2v) is 7.62. The summed E-state index contributed by atoms with van der Waals surface area (Å²) >= 11 is 0. The summed E-state index contributed by atoms with van der Waals surface area (Å²) in [6, 6.07) is 17.0. The Kier molecular flexibility index (Phi) is 5.16. The molecule has 0 radical (unpaired) electrons. The summed E-state index contributed by atoms with van der Waals surface area (Å²) in [4.78, 5) is 30.6. The van der Waals surface area contributed by atoms with Gasteiger partial charge in [0, 0.05) is 19.3 Å². The van der Waals surface area contributed by atoms with Gasteiger partial charge in [0.05, 0.1) is 5.39 Å². The van der Waals surface area contributed by atoms with Crippen molar-refractivity contribution in [3.05, 3.63) is 82.4 Å². The maximum atomic E-state index is 13.0. The Balaban J connectivity index is 1.85. The number of hydrogen-bond donors (Lipinski definition) is 1. The van der Waals surface area contributed by atoms with E-state index in [-0.39, 0.29) is 11.5 Å². The average Bonchev–Trinajstić information content (AvgIpc) is 3.07. The Morgan fingerprint density at radius 3 is 2.62 bits per heavy atom. The van der Waals surface area contributed by atoms with E-state index >= 15 is 0 Å². The number of carbonyl (C=O) groups excluding carboxylic acids is 1. The number of nitrogens with one attached hydrogen (secondary N) is 1. The van der Waals surface area contributed by atoms with Crippen molar-refractivity contribution < 1.29 is 4.79 Å². The lowest BCUT2D eigenvalue weighted by molar-refractivity contribution is 0.0943. The maximum Gasteiger partial charge on any atom is 0.268 e. The highest BCUT2D eigenvalue weighted by Crippen LogP contribution is 2.19. The number of pyridine rings is 1. The zero-order valence-corrected chi connectivity index (χ0v) is 16.6. The van der Waals surface area contributed by atoms with Gasteiger partial charge in [-0.1, -0.05) is 50.2 Å². The summed E-state index contributed by atoms with van der Waals surface area (Å²) in [5.41, 5.74) is 2.40. The van der Waals surface area contributed by atoms with Crippen LogP contribution in [0, 0.1) is 5.92 Å². The fourth-order valence-corrected chi connectivity index (χ4v) is 3.43. The third-order valence-corrected chi connectivity index (χ3v) is 5.00. The van der Waals surface area contributed by atoms with Crippen molar-refractivity contribution in [1.29, 1.82) is 0 Å². The first kappa shape index (κ1) is 18.9. The predicted octanol–water partition coefficient (Wildman–Crippen LogP) is 3.47. The van der Waals surface area contributed by atoms with Crippen molar-refractivity contribution in [1.82, 2.24) is 19.3 Å². The molecule has 0 bridgehead atoms. The number of rotatable bonds is 6. The number of amides is 1. The van der Waals surface area contributed by atoms with Gasteiger partial charge in [-0.25, -0.2) is 4.98 Å². The minimum absolute atomic E-state index is 0.173. The third-order valence-electron chi connectivity index (χ3n) is 5.00. The van der Waals surface area contributed by atoms with Crippen LogP contribution >= 0.6 is 0 Å². The molecule has 0 unspecified atom stereocenters. The summed E-state index contributed by atoms with van der Waals surface area (Å²) in [6.07, 6.45) is 2.59. The Bertz CT molecular complexity index is 1220. The van der Waals surface area contributed by atoms with Crippen molar-refractivity contribution in [3.63, 3.8) is 0 Å². The first-order valence-electron chi connectivity index (χ1n) is 9.87. The molecule has 0 aliphatic heterocycles. The zero-order valence-electron chi connectivity index (χ0n) is 16.6. The van der Waals surface area contributed by atoms with Crippen molar-refractivity contribution in [2.75, 3.05) is 6.54 Å². The molecule has 3 heterocycles. The van der Waals surface area contributed by atoms with E-state index in [1.807, 2.05) is 41.0 Å². The molecule has 4 aromatic rings. The molecule has 3 aromatic heterocycles. The van der Waals surface area contributed by atoms with Crippen molar-refractivity contribution in [3.8, 4) is 0 Å². The molecule has 0 spiro atoms. The number of nitrogens with zero attached hydrogens (tertiary/aromatic N) is 3. The highest BCUT2D eigenvalue weighted by molar-refractivity contribution is 5.98. The molecular weight excluding hydrogens is 364 g/mol. The molecule has 148 valence electrons. The highest BCUT2D eigenvalue weighted by atomic mass is 16.2. The Labute approximate surface area is 168 Å². The fraction of sp³-hybridized carbons (Fsp3) is 0.261. The van der Waals surface area contributed by atoms with E-state index in [1.54, 1.807) is 24.4 Å². The quantitative estimate of drug-likeness (QED) is 0.550. The van der Waals surface area contributed by atoms with Crippen LogP contribution in [0.2, 0.25) is 0 Å². The van der Waals surface area contributed by atoms with Crippen molar-refractivity contribution >= 4 is 22.6 Å². The van der Waals surface area contributed by atoms with Crippen LogP contribution in [0.3, 0.4) is 0 Å². The van der Waals surface area contributed by atoms with E-state index in [4.69, 9.17) is 4.98 Å². The van der Waals surface area contributed by atoms with E-state index in [0.29, 0.717) is 41.4 Å². The maximum absolute atomic E-state index is 13.0. The van der Waals surface area contributed by atoms with Gasteiger partial charge in [0.25, 0.3) is 11.5 Å². The summed E-state index contributed by atoms with van der Waals surface area (Å²) in [6.45, 7) is 5.30. The molecular formula is C23H24N4O2. The van der Waals surface area contributed by atoms with Crippen LogP contribution in [-0.2, 0) is 6.54 Å². The largest absolute Gasteiger partial charge is 0.351 e. The standard InChI is InChI=1S/C23H24N4O2/c1-16(2)11-12-24-22(28)19-14-18-21(27(19)15-17-8-4-3-5-9-17)25-20-10-6-7-13-26(20)23(18)29/h3-10,13-14,16H,11-12,15H2,1-2H3,(H,24,28). The lowest BCUT2D eigenvalue weighted by Crippen LogP contribution is -2.27. The van der Waals surface area contributed by atoms with Gasteiger partial charge in [-0.05, 0) is 36.1 Å².